The molecule has 1 atom stereocenters. The molecule has 0 aliphatic rings. The molecule has 0 radical (unpaired) electrons. The average Bonchev–Trinajstić information content (AvgIpc) is 2.90. The molecule has 0 amide bonds. The van der Waals surface area contributed by atoms with E-state index in [2.05, 4.69) is 32.5 Å². The van der Waals surface area contributed by atoms with Crippen molar-refractivity contribution in [2.75, 3.05) is 11.9 Å². The summed E-state index contributed by atoms with van der Waals surface area (Å²) in [5.74, 6) is 0.695. The molecule has 3 aromatic rings. The minimum absolute atomic E-state index is 0.436. The van der Waals surface area contributed by atoms with Crippen molar-refractivity contribution in [2.45, 2.75) is 19.6 Å². The van der Waals surface area contributed by atoms with E-state index in [1.54, 1.807) is 13.1 Å². The van der Waals surface area contributed by atoms with Gasteiger partial charge in [0, 0.05) is 6.54 Å². The molecular weight excluding hydrogens is 266 g/mol. The lowest BCUT2D eigenvalue weighted by Crippen LogP contribution is -2.16. The van der Waals surface area contributed by atoms with Crippen LogP contribution in [0.15, 0.2) is 42.9 Å². The maximum absolute atomic E-state index is 9.36. The van der Waals surface area contributed by atoms with Crippen molar-refractivity contribution in [1.82, 2.24) is 19.7 Å². The largest absolute Gasteiger partial charge is 0.392 e. The molecule has 3 rings (SSSR count). The number of fused-ring (bicyclic) bond motifs is 1. The summed E-state index contributed by atoms with van der Waals surface area (Å²) < 4.78 is 1.85. The van der Waals surface area contributed by atoms with Gasteiger partial charge in [0.15, 0.2) is 5.65 Å². The Morgan fingerprint density at radius 3 is 2.81 bits per heavy atom. The zero-order chi connectivity index (χ0) is 14.7. The molecule has 0 bridgehead atoms. The molecule has 1 aromatic carbocycles. The van der Waals surface area contributed by atoms with Gasteiger partial charge in [-0.15, -0.1) is 0 Å². The van der Waals surface area contributed by atoms with Gasteiger partial charge in [0.2, 0.25) is 0 Å². The van der Waals surface area contributed by atoms with Gasteiger partial charge in [-0.1, -0.05) is 30.3 Å². The summed E-state index contributed by atoms with van der Waals surface area (Å²) in [7, 11) is 0. The third kappa shape index (κ3) is 3.00. The summed E-state index contributed by atoms with van der Waals surface area (Å²) in [4.78, 5) is 8.52. The normalized spacial score (nSPS) is 12.5. The molecule has 2 N–H and O–H groups in total. The average molecular weight is 283 g/mol. The van der Waals surface area contributed by atoms with E-state index in [1.807, 2.05) is 22.9 Å². The van der Waals surface area contributed by atoms with Gasteiger partial charge in [-0.3, -0.25) is 0 Å². The SMILES string of the molecule is CC(O)CNc1ncnc2c1cnn2Cc1ccccc1. The third-order valence-electron chi connectivity index (χ3n) is 3.17. The Labute approximate surface area is 122 Å². The Bertz CT molecular complexity index is 723. The smallest absolute Gasteiger partial charge is 0.163 e. The molecule has 0 fully saturated rings. The molecule has 0 spiro atoms. The summed E-state index contributed by atoms with van der Waals surface area (Å²) in [6, 6.07) is 10.1. The van der Waals surface area contributed by atoms with Gasteiger partial charge in [-0.05, 0) is 12.5 Å². The number of aliphatic hydroxyl groups excluding tert-OH is 1. The van der Waals surface area contributed by atoms with Crippen LogP contribution in [0.4, 0.5) is 5.82 Å². The van der Waals surface area contributed by atoms with E-state index in [4.69, 9.17) is 0 Å². The van der Waals surface area contributed by atoms with Gasteiger partial charge in [0.1, 0.15) is 12.1 Å². The Morgan fingerprint density at radius 1 is 1.24 bits per heavy atom. The molecule has 2 aromatic heterocycles. The summed E-state index contributed by atoms with van der Waals surface area (Å²) in [6.45, 7) is 2.83. The molecule has 0 aliphatic carbocycles. The maximum atomic E-state index is 9.36. The van der Waals surface area contributed by atoms with E-state index in [9.17, 15) is 5.11 Å². The van der Waals surface area contributed by atoms with Gasteiger partial charge >= 0.3 is 0 Å². The van der Waals surface area contributed by atoms with Gasteiger partial charge in [-0.2, -0.15) is 5.10 Å². The maximum Gasteiger partial charge on any atom is 0.163 e. The Kier molecular flexibility index (Phi) is 3.79. The molecule has 2 heterocycles. The van der Waals surface area contributed by atoms with Crippen LogP contribution in [0.2, 0.25) is 0 Å². The molecule has 6 heteroatoms. The minimum atomic E-state index is -0.436. The highest BCUT2D eigenvalue weighted by molar-refractivity contribution is 5.86. The quantitative estimate of drug-likeness (QED) is 0.745. The third-order valence-corrected chi connectivity index (χ3v) is 3.17. The van der Waals surface area contributed by atoms with Crippen LogP contribution in [0.1, 0.15) is 12.5 Å². The van der Waals surface area contributed by atoms with Crippen LogP contribution < -0.4 is 5.32 Å². The lowest BCUT2D eigenvalue weighted by Gasteiger charge is -2.08. The van der Waals surface area contributed by atoms with Crippen LogP contribution in [0.5, 0.6) is 0 Å². The number of aliphatic hydroxyl groups is 1. The predicted octanol–water partition coefficient (Wildman–Crippen LogP) is 1.67. The second kappa shape index (κ2) is 5.88. The van der Waals surface area contributed by atoms with Crippen LogP contribution in [0.3, 0.4) is 0 Å². The van der Waals surface area contributed by atoms with Crippen molar-refractivity contribution in [3.63, 3.8) is 0 Å². The number of hydrogen-bond acceptors (Lipinski definition) is 5. The first-order chi connectivity index (χ1) is 10.2. The van der Waals surface area contributed by atoms with Crippen molar-refractivity contribution < 1.29 is 5.11 Å². The van der Waals surface area contributed by atoms with E-state index in [1.165, 1.54) is 11.9 Å². The van der Waals surface area contributed by atoms with Crippen molar-refractivity contribution in [3.8, 4) is 0 Å². The second-order valence-electron chi connectivity index (χ2n) is 4.98. The minimum Gasteiger partial charge on any atom is -0.392 e. The van der Waals surface area contributed by atoms with E-state index in [0.717, 1.165) is 11.0 Å². The van der Waals surface area contributed by atoms with Crippen LogP contribution >= 0.6 is 0 Å². The fourth-order valence-electron chi connectivity index (χ4n) is 2.15. The highest BCUT2D eigenvalue weighted by atomic mass is 16.3. The van der Waals surface area contributed by atoms with Crippen molar-refractivity contribution in [1.29, 1.82) is 0 Å². The first kappa shape index (κ1) is 13.5. The molecule has 0 saturated heterocycles. The molecule has 0 aliphatic heterocycles. The number of nitrogens with zero attached hydrogens (tertiary/aromatic N) is 4. The van der Waals surface area contributed by atoms with E-state index in [0.29, 0.717) is 18.9 Å². The van der Waals surface area contributed by atoms with Crippen LogP contribution in [0.25, 0.3) is 11.0 Å². The zero-order valence-electron chi connectivity index (χ0n) is 11.8. The van der Waals surface area contributed by atoms with Crippen LogP contribution in [-0.2, 0) is 6.54 Å². The highest BCUT2D eigenvalue weighted by Gasteiger charge is 2.10. The number of nitrogens with one attached hydrogen (secondary N) is 1. The number of hydrogen-bond donors (Lipinski definition) is 2. The van der Waals surface area contributed by atoms with Gasteiger partial charge < -0.3 is 10.4 Å². The Hall–Kier alpha value is -2.47. The van der Waals surface area contributed by atoms with E-state index in [-0.39, 0.29) is 0 Å². The lowest BCUT2D eigenvalue weighted by molar-refractivity contribution is 0.208. The van der Waals surface area contributed by atoms with Crippen LogP contribution in [-0.4, -0.2) is 37.5 Å². The second-order valence-corrected chi connectivity index (χ2v) is 4.98. The summed E-state index contributed by atoms with van der Waals surface area (Å²) in [5.41, 5.74) is 1.95. The summed E-state index contributed by atoms with van der Waals surface area (Å²) >= 11 is 0. The van der Waals surface area contributed by atoms with E-state index < -0.39 is 6.10 Å². The molecular formula is C15H17N5O. The summed E-state index contributed by atoms with van der Waals surface area (Å²) in [5, 5.41) is 17.7. The van der Waals surface area contributed by atoms with Crippen molar-refractivity contribution in [3.05, 3.63) is 48.4 Å². The zero-order valence-corrected chi connectivity index (χ0v) is 11.8. The first-order valence-electron chi connectivity index (χ1n) is 6.86. The number of anilines is 1. The predicted molar refractivity (Wildman–Crippen MR) is 81.0 cm³/mol. The number of rotatable bonds is 5. The van der Waals surface area contributed by atoms with Crippen LogP contribution in [0, 0.1) is 0 Å². The Balaban J connectivity index is 1.90. The molecule has 1 unspecified atom stereocenters. The highest BCUT2D eigenvalue weighted by Crippen LogP contribution is 2.19. The number of aromatic nitrogens is 4. The lowest BCUT2D eigenvalue weighted by atomic mass is 10.2. The van der Waals surface area contributed by atoms with E-state index >= 15 is 0 Å². The standard InChI is InChI=1S/C15H17N5O/c1-11(21)7-16-14-13-8-19-20(15(13)18-10-17-14)9-12-5-3-2-4-6-12/h2-6,8,10-11,21H,7,9H2,1H3,(H,16,17,18). The Morgan fingerprint density at radius 2 is 2.05 bits per heavy atom. The van der Waals surface area contributed by atoms with Crippen molar-refractivity contribution in [2.24, 2.45) is 0 Å². The molecule has 108 valence electrons. The first-order valence-corrected chi connectivity index (χ1v) is 6.86. The fourth-order valence-corrected chi connectivity index (χ4v) is 2.15. The van der Waals surface area contributed by atoms with Crippen molar-refractivity contribution >= 4 is 16.9 Å². The van der Waals surface area contributed by atoms with Gasteiger partial charge in [-0.25, -0.2) is 14.6 Å². The van der Waals surface area contributed by atoms with Gasteiger partial charge in [0.25, 0.3) is 0 Å². The number of benzene rings is 1. The summed E-state index contributed by atoms with van der Waals surface area (Å²) in [6.07, 6.45) is 2.83. The fraction of sp³-hybridized carbons (Fsp3) is 0.267. The molecule has 0 saturated carbocycles. The topological polar surface area (TPSA) is 75.9 Å². The van der Waals surface area contributed by atoms with Gasteiger partial charge in [0.05, 0.1) is 24.2 Å². The molecule has 21 heavy (non-hydrogen) atoms. The molecule has 6 nitrogen and oxygen atoms in total. The monoisotopic (exact) mass is 283 g/mol.